The number of fused-ring (bicyclic) bond motifs is 1. The highest BCUT2D eigenvalue weighted by Crippen LogP contribution is 2.34. The van der Waals surface area contributed by atoms with Crippen molar-refractivity contribution >= 4 is 49.2 Å². The van der Waals surface area contributed by atoms with E-state index in [9.17, 15) is 9.59 Å². The summed E-state index contributed by atoms with van der Waals surface area (Å²) in [5, 5.41) is 0. The van der Waals surface area contributed by atoms with Crippen molar-refractivity contribution in [3.8, 4) is 5.75 Å². The van der Waals surface area contributed by atoms with Crippen LogP contribution in [0, 0.1) is 6.92 Å². The number of benzene rings is 2. The number of hydrogen-bond acceptors (Lipinski definition) is 3. The van der Waals surface area contributed by atoms with Crippen LogP contribution < -0.4 is 9.64 Å². The van der Waals surface area contributed by atoms with Crippen LogP contribution in [0.4, 0.5) is 5.69 Å². The summed E-state index contributed by atoms with van der Waals surface area (Å²) in [4.78, 5) is 25.8. The molecule has 0 N–H and O–H groups in total. The Kier molecular flexibility index (Phi) is 4.55. The van der Waals surface area contributed by atoms with Crippen molar-refractivity contribution in [1.82, 2.24) is 0 Å². The number of amides is 1. The van der Waals surface area contributed by atoms with E-state index in [1.807, 2.05) is 37.3 Å². The number of carbonyl (C=O) groups is 2. The molecule has 0 radical (unpaired) electrons. The summed E-state index contributed by atoms with van der Waals surface area (Å²) in [6.07, 6.45) is 0. The molecule has 0 spiro atoms. The molecule has 23 heavy (non-hydrogen) atoms. The summed E-state index contributed by atoms with van der Waals surface area (Å²) in [5.74, 6) is -0.243. The fourth-order valence-corrected chi connectivity index (χ4v) is 3.44. The molecule has 0 fully saturated rings. The predicted octanol–water partition coefficient (Wildman–Crippen LogP) is 4.13. The van der Waals surface area contributed by atoms with Gasteiger partial charge in [0.05, 0.1) is 17.8 Å². The van der Waals surface area contributed by atoms with Crippen LogP contribution in [0.5, 0.6) is 5.75 Å². The number of Topliss-reactive ketones (excluding diaryl/α,β-unsaturated/α-hetero) is 1. The van der Waals surface area contributed by atoms with Crippen molar-refractivity contribution in [1.29, 1.82) is 0 Å². The summed E-state index contributed by atoms with van der Waals surface area (Å²) >= 11 is 6.73. The number of ether oxygens (including phenoxy) is 1. The van der Waals surface area contributed by atoms with Crippen LogP contribution in [-0.2, 0) is 4.79 Å². The molecule has 0 saturated heterocycles. The fraction of sp³-hybridized carbons (Fsp3) is 0.176. The lowest BCUT2D eigenvalue weighted by molar-refractivity contribution is -0.114. The first kappa shape index (κ1) is 16.2. The molecule has 118 valence electrons. The lowest BCUT2D eigenvalue weighted by atomic mass is 10.1. The third kappa shape index (κ3) is 3.19. The van der Waals surface area contributed by atoms with Gasteiger partial charge in [-0.2, -0.15) is 0 Å². The number of nitrogens with zero attached hydrogens (tertiary/aromatic N) is 1. The topological polar surface area (TPSA) is 46.6 Å². The molecular weight excluding hydrogens is 426 g/mol. The molecule has 0 atom stereocenters. The maximum atomic E-state index is 12.2. The van der Waals surface area contributed by atoms with Crippen molar-refractivity contribution < 1.29 is 14.3 Å². The summed E-state index contributed by atoms with van der Waals surface area (Å²) < 4.78 is 7.42. The van der Waals surface area contributed by atoms with E-state index >= 15 is 0 Å². The molecule has 4 nitrogen and oxygen atoms in total. The van der Waals surface area contributed by atoms with Crippen molar-refractivity contribution in [2.24, 2.45) is 0 Å². The molecule has 1 aliphatic rings. The third-order valence-electron chi connectivity index (χ3n) is 3.62. The van der Waals surface area contributed by atoms with Gasteiger partial charge in [0.15, 0.2) is 0 Å². The lowest BCUT2D eigenvalue weighted by Gasteiger charge is -2.19. The number of hydrogen-bond donors (Lipinski definition) is 0. The zero-order valence-electron chi connectivity index (χ0n) is 12.3. The van der Waals surface area contributed by atoms with Gasteiger partial charge in [-0.25, -0.2) is 0 Å². The van der Waals surface area contributed by atoms with Crippen LogP contribution in [0.25, 0.3) is 0 Å². The molecule has 1 aliphatic heterocycles. The van der Waals surface area contributed by atoms with Gasteiger partial charge in [-0.1, -0.05) is 31.9 Å². The summed E-state index contributed by atoms with van der Waals surface area (Å²) in [6, 6.07) is 11.0. The van der Waals surface area contributed by atoms with Gasteiger partial charge in [-0.05, 0) is 48.9 Å². The van der Waals surface area contributed by atoms with E-state index in [0.717, 1.165) is 20.3 Å². The summed E-state index contributed by atoms with van der Waals surface area (Å²) in [6.45, 7) is 2.53. The van der Waals surface area contributed by atoms with Gasteiger partial charge in [-0.3, -0.25) is 9.59 Å². The fourth-order valence-electron chi connectivity index (χ4n) is 2.61. The van der Waals surface area contributed by atoms with Crippen LogP contribution in [0.1, 0.15) is 15.9 Å². The Bertz CT molecular complexity index is 787. The molecule has 1 amide bonds. The second-order valence-electron chi connectivity index (χ2n) is 5.21. The number of carbonyl (C=O) groups excluding carboxylic acids is 2. The Morgan fingerprint density at radius 3 is 2.43 bits per heavy atom. The molecule has 2 aromatic carbocycles. The maximum Gasteiger partial charge on any atom is 0.299 e. The molecule has 3 rings (SSSR count). The van der Waals surface area contributed by atoms with Gasteiger partial charge in [0.25, 0.3) is 11.7 Å². The first-order valence-electron chi connectivity index (χ1n) is 7.02. The van der Waals surface area contributed by atoms with Gasteiger partial charge < -0.3 is 9.64 Å². The smallest absolute Gasteiger partial charge is 0.299 e. The van der Waals surface area contributed by atoms with Gasteiger partial charge >= 0.3 is 0 Å². The third-order valence-corrected chi connectivity index (χ3v) is 4.60. The molecule has 0 unspecified atom stereocenters. The molecular formula is C17H13Br2NO3. The van der Waals surface area contributed by atoms with Crippen LogP contribution in [0.3, 0.4) is 0 Å². The van der Waals surface area contributed by atoms with Crippen molar-refractivity contribution in [2.45, 2.75) is 6.92 Å². The average molecular weight is 439 g/mol. The summed E-state index contributed by atoms with van der Waals surface area (Å²) in [5.41, 5.74) is 2.02. The Hall–Kier alpha value is -1.66. The number of aryl methyl sites for hydroxylation is 1. The molecule has 0 saturated carbocycles. The molecule has 6 heteroatoms. The van der Waals surface area contributed by atoms with E-state index in [0.29, 0.717) is 24.4 Å². The van der Waals surface area contributed by atoms with Crippen LogP contribution in [0.2, 0.25) is 0 Å². The second kappa shape index (κ2) is 6.45. The zero-order valence-corrected chi connectivity index (χ0v) is 15.5. The Morgan fingerprint density at radius 2 is 1.74 bits per heavy atom. The van der Waals surface area contributed by atoms with Crippen molar-refractivity contribution in [3.63, 3.8) is 0 Å². The van der Waals surface area contributed by atoms with Crippen molar-refractivity contribution in [2.75, 3.05) is 18.1 Å². The number of halogens is 2. The van der Waals surface area contributed by atoms with E-state index in [1.165, 1.54) is 4.90 Å². The highest BCUT2D eigenvalue weighted by Gasteiger charge is 2.37. The minimum atomic E-state index is -0.499. The SMILES string of the molecule is Cc1cc(Br)cc2c1N(CCOc1ccc(Br)cc1)C(=O)C2=O. The minimum absolute atomic E-state index is 0.315. The average Bonchev–Trinajstić information content (AvgIpc) is 2.74. The van der Waals surface area contributed by atoms with Crippen LogP contribution in [0.15, 0.2) is 45.3 Å². The van der Waals surface area contributed by atoms with Gasteiger partial charge in [0.1, 0.15) is 12.4 Å². The van der Waals surface area contributed by atoms with Crippen LogP contribution >= 0.6 is 31.9 Å². The minimum Gasteiger partial charge on any atom is -0.492 e. The monoisotopic (exact) mass is 437 g/mol. The van der Waals surface area contributed by atoms with Crippen LogP contribution in [-0.4, -0.2) is 24.8 Å². The first-order valence-corrected chi connectivity index (χ1v) is 8.60. The van der Waals surface area contributed by atoms with E-state index < -0.39 is 11.7 Å². The summed E-state index contributed by atoms with van der Waals surface area (Å²) in [7, 11) is 0. The number of anilines is 1. The van der Waals surface area contributed by atoms with E-state index in [4.69, 9.17) is 4.74 Å². The lowest BCUT2D eigenvalue weighted by Crippen LogP contribution is -2.33. The second-order valence-corrected chi connectivity index (χ2v) is 7.04. The molecule has 0 aromatic heterocycles. The molecule has 0 aliphatic carbocycles. The predicted molar refractivity (Wildman–Crippen MR) is 95.2 cm³/mol. The molecule has 2 aromatic rings. The highest BCUT2D eigenvalue weighted by atomic mass is 79.9. The number of ketones is 1. The molecule has 1 heterocycles. The Labute approximate surface area is 150 Å². The largest absolute Gasteiger partial charge is 0.492 e. The highest BCUT2D eigenvalue weighted by molar-refractivity contribution is 9.10. The van der Waals surface area contributed by atoms with Gasteiger partial charge in [-0.15, -0.1) is 0 Å². The molecule has 0 bridgehead atoms. The van der Waals surface area contributed by atoms with Gasteiger partial charge in [0, 0.05) is 8.95 Å². The Balaban J connectivity index is 1.75. The number of rotatable bonds is 4. The Morgan fingerprint density at radius 1 is 1.04 bits per heavy atom. The first-order chi connectivity index (χ1) is 11.0. The normalized spacial score (nSPS) is 13.4. The maximum absolute atomic E-state index is 12.2. The van der Waals surface area contributed by atoms with E-state index in [-0.39, 0.29) is 0 Å². The van der Waals surface area contributed by atoms with E-state index in [1.54, 1.807) is 6.07 Å². The van der Waals surface area contributed by atoms with E-state index in [2.05, 4.69) is 31.9 Å². The standard InChI is InChI=1S/C17H13Br2NO3/c1-10-8-12(19)9-14-15(10)20(17(22)16(14)21)6-7-23-13-4-2-11(18)3-5-13/h2-5,8-9H,6-7H2,1H3. The van der Waals surface area contributed by atoms with Crippen molar-refractivity contribution in [3.05, 3.63) is 56.5 Å². The zero-order chi connectivity index (χ0) is 16.6. The quantitative estimate of drug-likeness (QED) is 0.674. The van der Waals surface area contributed by atoms with Gasteiger partial charge in [0.2, 0.25) is 0 Å².